The highest BCUT2D eigenvalue weighted by Gasteiger charge is 2.26. The first-order valence-corrected chi connectivity index (χ1v) is 12.9. The van der Waals surface area contributed by atoms with Crippen LogP contribution in [-0.2, 0) is 4.57 Å². The molecule has 1 unspecified atom stereocenters. The number of hydrogen-bond acceptors (Lipinski definition) is 2. The van der Waals surface area contributed by atoms with E-state index < -0.39 is 7.29 Å². The van der Waals surface area contributed by atoms with Gasteiger partial charge in [-0.1, -0.05) is 106 Å². The number of thioether (sulfide) groups is 1. The molecule has 0 spiro atoms. The molecular formula is C24H30NOPS. The lowest BCUT2D eigenvalue weighted by Crippen LogP contribution is -2.19. The molecule has 0 aliphatic carbocycles. The van der Waals surface area contributed by atoms with Gasteiger partial charge in [0, 0.05) is 28.0 Å². The average molecular weight is 412 g/mol. The Morgan fingerprint density at radius 1 is 0.893 bits per heavy atom. The predicted molar refractivity (Wildman–Crippen MR) is 125 cm³/mol. The van der Waals surface area contributed by atoms with Crippen LogP contribution in [-0.4, -0.2) is 6.54 Å². The van der Waals surface area contributed by atoms with Crippen LogP contribution in [0.5, 0.6) is 0 Å². The van der Waals surface area contributed by atoms with Gasteiger partial charge in [-0.05, 0) is 23.5 Å². The monoisotopic (exact) mass is 411 g/mol. The Morgan fingerprint density at radius 3 is 1.89 bits per heavy atom. The van der Waals surface area contributed by atoms with Gasteiger partial charge < -0.3 is 0 Å². The maximum absolute atomic E-state index is 13.8. The molecule has 0 fully saturated rings. The van der Waals surface area contributed by atoms with E-state index in [1.807, 2.05) is 48.0 Å². The molecule has 1 N–H and O–H groups in total. The van der Waals surface area contributed by atoms with Crippen molar-refractivity contribution in [2.45, 2.75) is 39.5 Å². The molecule has 3 rings (SSSR count). The number of hydrogen-bond donors (Lipinski definition) is 1. The van der Waals surface area contributed by atoms with E-state index >= 15 is 0 Å². The Labute approximate surface area is 174 Å². The van der Waals surface area contributed by atoms with E-state index in [4.69, 9.17) is 0 Å². The van der Waals surface area contributed by atoms with Gasteiger partial charge in [0.25, 0.3) is 0 Å². The van der Waals surface area contributed by atoms with E-state index in [-0.39, 0.29) is 0 Å². The van der Waals surface area contributed by atoms with Crippen molar-refractivity contribution in [3.63, 3.8) is 0 Å². The highest BCUT2D eigenvalue weighted by Crippen LogP contribution is 2.58. The summed E-state index contributed by atoms with van der Waals surface area (Å²) in [5, 5.41) is 3.45. The highest BCUT2D eigenvalue weighted by molar-refractivity contribution is 8.17. The molecular weight excluding hydrogens is 381 g/mol. The summed E-state index contributed by atoms with van der Waals surface area (Å²) in [5.74, 6) is 4.50. The predicted octanol–water partition coefficient (Wildman–Crippen LogP) is 7.81. The quantitative estimate of drug-likeness (QED) is 0.427. The molecule has 4 heteroatoms. The molecule has 0 radical (unpaired) electrons. The van der Waals surface area contributed by atoms with Gasteiger partial charge in [0.2, 0.25) is 0 Å². The minimum Gasteiger partial charge on any atom is -0.298 e. The van der Waals surface area contributed by atoms with Crippen LogP contribution in [0.25, 0.3) is 9.81 Å². The maximum atomic E-state index is 13.8. The molecule has 1 heterocycles. The number of rotatable bonds is 9. The fourth-order valence-corrected chi connectivity index (χ4v) is 7.24. The van der Waals surface area contributed by atoms with Crippen molar-refractivity contribution >= 4 is 28.9 Å². The van der Waals surface area contributed by atoms with Gasteiger partial charge >= 0.3 is 0 Å². The molecule has 1 atom stereocenters. The summed E-state index contributed by atoms with van der Waals surface area (Å²) in [6.07, 6.45) is 4.75. The molecule has 0 amide bonds. The van der Waals surface area contributed by atoms with Crippen LogP contribution in [0.3, 0.4) is 0 Å². The zero-order chi connectivity index (χ0) is 19.8. The second-order valence-electron chi connectivity index (χ2n) is 7.31. The van der Waals surface area contributed by atoms with E-state index in [1.165, 1.54) is 19.3 Å². The summed E-state index contributed by atoms with van der Waals surface area (Å²) in [6.45, 7) is 5.26. The highest BCUT2D eigenvalue weighted by atomic mass is 32.2. The Kier molecular flexibility index (Phi) is 7.79. The molecule has 148 valence electrons. The van der Waals surface area contributed by atoms with Crippen molar-refractivity contribution < 1.29 is 4.57 Å². The first-order chi connectivity index (χ1) is 13.6. The van der Waals surface area contributed by atoms with E-state index in [2.05, 4.69) is 43.2 Å². The summed E-state index contributed by atoms with van der Waals surface area (Å²) in [7, 11) is -2.75. The van der Waals surface area contributed by atoms with E-state index in [9.17, 15) is 4.57 Å². The van der Waals surface area contributed by atoms with Gasteiger partial charge in [-0.3, -0.25) is 9.65 Å². The number of benzene rings is 2. The third kappa shape index (κ3) is 5.73. The summed E-state index contributed by atoms with van der Waals surface area (Å²) in [5.41, 5.74) is 2.24. The normalized spacial score (nSPS) is 16.9. The third-order valence-electron chi connectivity index (χ3n) is 5.12. The molecule has 0 saturated carbocycles. The molecule has 1 aliphatic heterocycles. The standard InChI is InChI=1S/C24H30NOPS/c1-3-5-12-20(4-2)17-25-27(26)18-23(21-13-8-6-9-14-21)28-24(19-27)22-15-10-7-11-16-22/h6-11,13-16,18-20H,3-5,12,17H2,1-2H3,(H,25,26). The second kappa shape index (κ2) is 10.3. The third-order valence-corrected chi connectivity index (χ3v) is 8.58. The Morgan fingerprint density at radius 2 is 1.43 bits per heavy atom. The summed E-state index contributed by atoms with van der Waals surface area (Å²) < 4.78 is 13.8. The van der Waals surface area contributed by atoms with Crippen molar-refractivity contribution in [1.82, 2.24) is 5.09 Å². The SMILES string of the molecule is CCCCC(CC)CNP1(=O)C=C(c2ccccc2)SC(c2ccccc2)=C1. The Balaban J connectivity index is 1.88. The van der Waals surface area contributed by atoms with E-state index in [1.54, 1.807) is 11.8 Å². The molecule has 2 nitrogen and oxygen atoms in total. The fraction of sp³-hybridized carbons (Fsp3) is 0.333. The lowest BCUT2D eigenvalue weighted by atomic mass is 10.00. The second-order valence-corrected chi connectivity index (χ2v) is 10.6. The molecule has 2 aromatic carbocycles. The van der Waals surface area contributed by atoms with Crippen LogP contribution in [0, 0.1) is 5.92 Å². The van der Waals surface area contributed by atoms with Crippen LogP contribution in [0.2, 0.25) is 0 Å². The first-order valence-electron chi connectivity index (χ1n) is 10.2. The molecule has 0 bridgehead atoms. The minimum atomic E-state index is -2.75. The Bertz CT molecular complexity index is 801. The van der Waals surface area contributed by atoms with Gasteiger partial charge in [0.15, 0.2) is 7.29 Å². The largest absolute Gasteiger partial charge is 0.298 e. The number of unbranched alkanes of at least 4 members (excludes halogenated alkanes) is 1. The molecule has 2 aromatic rings. The van der Waals surface area contributed by atoms with E-state index in [0.29, 0.717) is 5.92 Å². The Hall–Kier alpha value is -1.54. The molecule has 1 aliphatic rings. The van der Waals surface area contributed by atoms with Gasteiger partial charge in [0.05, 0.1) is 0 Å². The van der Waals surface area contributed by atoms with Crippen LogP contribution in [0.1, 0.15) is 50.7 Å². The van der Waals surface area contributed by atoms with Gasteiger partial charge in [-0.25, -0.2) is 0 Å². The topological polar surface area (TPSA) is 29.1 Å². The average Bonchev–Trinajstić information content (AvgIpc) is 2.75. The van der Waals surface area contributed by atoms with Crippen molar-refractivity contribution in [2.24, 2.45) is 5.92 Å². The molecule has 0 saturated heterocycles. The lowest BCUT2D eigenvalue weighted by Gasteiger charge is -2.24. The van der Waals surface area contributed by atoms with Crippen molar-refractivity contribution in [2.75, 3.05) is 6.54 Å². The van der Waals surface area contributed by atoms with Crippen molar-refractivity contribution in [3.05, 3.63) is 83.4 Å². The summed E-state index contributed by atoms with van der Waals surface area (Å²) >= 11 is 1.70. The van der Waals surface area contributed by atoms with E-state index in [0.717, 1.165) is 33.9 Å². The zero-order valence-electron chi connectivity index (χ0n) is 16.8. The van der Waals surface area contributed by atoms with Crippen molar-refractivity contribution in [1.29, 1.82) is 0 Å². The van der Waals surface area contributed by atoms with Gasteiger partial charge in [-0.15, -0.1) is 0 Å². The lowest BCUT2D eigenvalue weighted by molar-refractivity contribution is 0.445. The zero-order valence-corrected chi connectivity index (χ0v) is 18.5. The minimum absolute atomic E-state index is 0.572. The van der Waals surface area contributed by atoms with Crippen LogP contribution >= 0.6 is 19.1 Å². The molecule has 0 aromatic heterocycles. The number of nitrogens with one attached hydrogen (secondary N) is 1. The fourth-order valence-electron chi connectivity index (χ4n) is 3.33. The van der Waals surface area contributed by atoms with Gasteiger partial charge in [0.1, 0.15) is 0 Å². The summed E-state index contributed by atoms with van der Waals surface area (Å²) in [6, 6.07) is 20.5. The smallest absolute Gasteiger partial charge is 0.192 e. The maximum Gasteiger partial charge on any atom is 0.192 e. The summed E-state index contributed by atoms with van der Waals surface area (Å²) in [4.78, 5) is 2.14. The van der Waals surface area contributed by atoms with Crippen LogP contribution in [0.15, 0.2) is 72.3 Å². The molecule has 28 heavy (non-hydrogen) atoms. The van der Waals surface area contributed by atoms with Crippen LogP contribution < -0.4 is 5.09 Å². The first kappa shape index (κ1) is 21.2. The van der Waals surface area contributed by atoms with Crippen LogP contribution in [0.4, 0.5) is 0 Å². The van der Waals surface area contributed by atoms with Gasteiger partial charge in [-0.2, -0.15) is 0 Å². The van der Waals surface area contributed by atoms with Crippen molar-refractivity contribution in [3.8, 4) is 0 Å².